The van der Waals surface area contributed by atoms with E-state index < -0.39 is 0 Å². The van der Waals surface area contributed by atoms with Crippen LogP contribution in [-0.2, 0) is 4.74 Å². The maximum atomic E-state index is 6.08. The van der Waals surface area contributed by atoms with Gasteiger partial charge in [-0.15, -0.1) is 11.3 Å². The van der Waals surface area contributed by atoms with Gasteiger partial charge in [-0.1, -0.05) is 0 Å². The van der Waals surface area contributed by atoms with Gasteiger partial charge in [-0.3, -0.25) is 0 Å². The molecule has 2 fully saturated rings. The Morgan fingerprint density at radius 2 is 2.10 bits per heavy atom. The largest absolute Gasteiger partial charge is 0.382 e. The predicted molar refractivity (Wildman–Crippen MR) is 82.5 cm³/mol. The molecule has 106 valence electrons. The Balaban J connectivity index is 1.72. The van der Waals surface area contributed by atoms with Crippen molar-refractivity contribution in [1.29, 1.82) is 0 Å². The number of anilines is 2. The third kappa shape index (κ3) is 2.01. The molecule has 2 unspecified atom stereocenters. The lowest BCUT2D eigenvalue weighted by molar-refractivity contribution is 0.0307. The van der Waals surface area contributed by atoms with Crippen LogP contribution in [0.5, 0.6) is 0 Å². The van der Waals surface area contributed by atoms with Crippen LogP contribution in [0.15, 0.2) is 5.38 Å². The summed E-state index contributed by atoms with van der Waals surface area (Å²) >= 11 is 3.12. The lowest BCUT2D eigenvalue weighted by atomic mass is 10.2. The van der Waals surface area contributed by atoms with Gasteiger partial charge in [0.05, 0.1) is 17.8 Å². The van der Waals surface area contributed by atoms with Gasteiger partial charge in [0.1, 0.15) is 15.8 Å². The minimum atomic E-state index is 0.364. The number of aryl methyl sites for hydroxylation is 1. The number of hydrogen-bond donors (Lipinski definition) is 1. The number of hydrogen-bond acceptors (Lipinski definition) is 7. The van der Waals surface area contributed by atoms with Gasteiger partial charge in [0, 0.05) is 24.2 Å². The number of nitrogens with zero attached hydrogens (tertiary/aromatic N) is 3. The molecule has 2 aromatic heterocycles. The van der Waals surface area contributed by atoms with Crippen molar-refractivity contribution < 1.29 is 4.74 Å². The topological polar surface area (TPSA) is 64.3 Å². The number of aromatic nitrogens is 2. The number of fused-ring (bicyclic) bond motifs is 2. The van der Waals surface area contributed by atoms with Crippen LogP contribution in [0, 0.1) is 6.92 Å². The molecule has 4 rings (SSSR count). The van der Waals surface area contributed by atoms with E-state index in [1.807, 2.05) is 6.92 Å². The summed E-state index contributed by atoms with van der Waals surface area (Å²) in [6.45, 7) is 3.88. The van der Waals surface area contributed by atoms with E-state index in [1.165, 1.54) is 24.4 Å². The second kappa shape index (κ2) is 4.68. The van der Waals surface area contributed by atoms with Crippen molar-refractivity contribution in [3.8, 4) is 10.6 Å². The molecule has 20 heavy (non-hydrogen) atoms. The predicted octanol–water partition coefficient (Wildman–Crippen LogP) is 2.52. The Labute approximate surface area is 125 Å². The Hall–Kier alpha value is -1.18. The van der Waals surface area contributed by atoms with Crippen molar-refractivity contribution in [2.75, 3.05) is 23.7 Å². The minimum absolute atomic E-state index is 0.364. The van der Waals surface area contributed by atoms with Gasteiger partial charge in [0.2, 0.25) is 0 Å². The summed E-state index contributed by atoms with van der Waals surface area (Å²) < 4.78 is 10.3. The van der Waals surface area contributed by atoms with Crippen molar-refractivity contribution >= 4 is 33.7 Å². The zero-order valence-electron chi connectivity index (χ0n) is 11.2. The highest BCUT2D eigenvalue weighted by atomic mass is 32.1. The third-order valence-corrected chi connectivity index (χ3v) is 5.76. The van der Waals surface area contributed by atoms with E-state index >= 15 is 0 Å². The fourth-order valence-electron chi connectivity index (χ4n) is 2.96. The molecule has 0 amide bonds. The van der Waals surface area contributed by atoms with E-state index in [2.05, 4.69) is 19.6 Å². The van der Waals surface area contributed by atoms with E-state index in [0.717, 1.165) is 34.4 Å². The first-order chi connectivity index (χ1) is 9.70. The molecule has 4 heterocycles. The normalized spacial score (nSPS) is 25.4. The van der Waals surface area contributed by atoms with Gasteiger partial charge >= 0.3 is 0 Å². The van der Waals surface area contributed by atoms with Crippen LogP contribution >= 0.6 is 22.9 Å². The summed E-state index contributed by atoms with van der Waals surface area (Å²) in [5.41, 5.74) is 8.12. The Morgan fingerprint density at radius 1 is 1.35 bits per heavy atom. The first-order valence-corrected chi connectivity index (χ1v) is 8.44. The van der Waals surface area contributed by atoms with Gasteiger partial charge < -0.3 is 15.4 Å². The van der Waals surface area contributed by atoms with E-state index in [1.54, 1.807) is 11.3 Å². The monoisotopic (exact) mass is 308 g/mol. The van der Waals surface area contributed by atoms with E-state index in [9.17, 15) is 0 Å². The van der Waals surface area contributed by atoms with E-state index in [0.29, 0.717) is 18.0 Å². The smallest absolute Gasteiger partial charge is 0.149 e. The second-order valence-corrected chi connectivity index (χ2v) is 7.01. The summed E-state index contributed by atoms with van der Waals surface area (Å²) in [6, 6.07) is 0. The molecule has 2 atom stereocenters. The lowest BCUT2D eigenvalue weighted by Crippen LogP contribution is -2.42. The van der Waals surface area contributed by atoms with E-state index in [4.69, 9.17) is 10.5 Å². The molecular weight excluding hydrogens is 292 g/mol. The molecule has 0 aliphatic carbocycles. The first kappa shape index (κ1) is 12.6. The molecule has 0 saturated carbocycles. The fourth-order valence-corrected chi connectivity index (χ4v) is 4.71. The van der Waals surface area contributed by atoms with Crippen molar-refractivity contribution in [1.82, 2.24) is 9.36 Å². The van der Waals surface area contributed by atoms with Crippen LogP contribution < -0.4 is 10.6 Å². The van der Waals surface area contributed by atoms with Crippen LogP contribution in [-0.4, -0.2) is 34.7 Å². The molecule has 0 aromatic carbocycles. The zero-order valence-corrected chi connectivity index (χ0v) is 12.8. The van der Waals surface area contributed by atoms with Crippen molar-refractivity contribution in [3.05, 3.63) is 11.1 Å². The maximum Gasteiger partial charge on any atom is 0.149 e. The van der Waals surface area contributed by atoms with Gasteiger partial charge in [0.15, 0.2) is 0 Å². The Morgan fingerprint density at radius 3 is 2.75 bits per heavy atom. The molecule has 7 heteroatoms. The number of morpholine rings is 1. The second-order valence-electron chi connectivity index (χ2n) is 5.40. The van der Waals surface area contributed by atoms with Crippen molar-refractivity contribution in [3.63, 3.8) is 0 Å². The molecule has 2 aliphatic heterocycles. The van der Waals surface area contributed by atoms with Crippen LogP contribution in [0.1, 0.15) is 18.5 Å². The van der Waals surface area contributed by atoms with Crippen LogP contribution in [0.2, 0.25) is 0 Å². The van der Waals surface area contributed by atoms with Gasteiger partial charge in [-0.2, -0.15) is 4.37 Å². The quantitative estimate of drug-likeness (QED) is 0.923. The molecule has 2 aliphatic rings. The molecule has 0 spiro atoms. The lowest BCUT2D eigenvalue weighted by Gasteiger charge is -2.33. The Kier molecular flexibility index (Phi) is 2.94. The van der Waals surface area contributed by atoms with Crippen molar-refractivity contribution in [2.24, 2.45) is 0 Å². The summed E-state index contributed by atoms with van der Waals surface area (Å²) in [4.78, 5) is 6.95. The highest BCUT2D eigenvalue weighted by Gasteiger charge is 2.36. The number of rotatable bonds is 2. The molecule has 0 radical (unpaired) electrons. The summed E-state index contributed by atoms with van der Waals surface area (Å²) in [7, 11) is 0. The molecule has 2 N–H and O–H groups in total. The molecular formula is C13H16N4OS2. The maximum absolute atomic E-state index is 6.08. The van der Waals surface area contributed by atoms with Gasteiger partial charge in [-0.25, -0.2) is 4.98 Å². The average molecular weight is 308 g/mol. The van der Waals surface area contributed by atoms with Crippen LogP contribution in [0.4, 0.5) is 10.8 Å². The highest BCUT2D eigenvalue weighted by Crippen LogP contribution is 2.42. The van der Waals surface area contributed by atoms with Gasteiger partial charge in [0.25, 0.3) is 0 Å². The molecule has 5 nitrogen and oxygen atoms in total. The SMILES string of the molecule is Cc1csc(-c2c(N)nsc2N2CC3CCC(C2)O3)n1. The zero-order chi connectivity index (χ0) is 13.7. The number of ether oxygens (including phenoxy) is 1. The summed E-state index contributed by atoms with van der Waals surface area (Å²) in [6.07, 6.45) is 3.06. The molecule has 2 bridgehead atoms. The summed E-state index contributed by atoms with van der Waals surface area (Å²) in [5, 5.41) is 4.18. The third-order valence-electron chi connectivity index (χ3n) is 3.86. The number of thiazole rings is 1. The Bertz CT molecular complexity index is 626. The highest BCUT2D eigenvalue weighted by molar-refractivity contribution is 7.15. The van der Waals surface area contributed by atoms with Gasteiger partial charge in [-0.05, 0) is 31.3 Å². The summed E-state index contributed by atoms with van der Waals surface area (Å²) in [5.74, 6) is 0.596. The molecule has 2 aromatic rings. The fraction of sp³-hybridized carbons (Fsp3) is 0.538. The minimum Gasteiger partial charge on any atom is -0.382 e. The van der Waals surface area contributed by atoms with Crippen molar-refractivity contribution in [2.45, 2.75) is 32.0 Å². The van der Waals surface area contributed by atoms with Crippen LogP contribution in [0.3, 0.4) is 0 Å². The van der Waals surface area contributed by atoms with Crippen LogP contribution in [0.25, 0.3) is 10.6 Å². The average Bonchev–Trinajstić information content (AvgIpc) is 3.10. The number of nitrogens with two attached hydrogens (primary N) is 1. The standard InChI is InChI=1S/C13H16N4OS2/c1-7-6-19-12(15-7)10-11(14)16-20-13(10)17-4-8-2-3-9(5-17)18-8/h6,8-9H,2-5H2,1H3,(H2,14,16). The first-order valence-electron chi connectivity index (χ1n) is 6.79. The number of nitrogen functional groups attached to an aromatic ring is 1. The van der Waals surface area contributed by atoms with E-state index in [-0.39, 0.29) is 0 Å². The molecule has 2 saturated heterocycles.